The minimum atomic E-state index is 0.159. The van der Waals surface area contributed by atoms with Crippen LogP contribution in [0.15, 0.2) is 29.2 Å². The van der Waals surface area contributed by atoms with Gasteiger partial charge in [-0.1, -0.05) is 12.1 Å². The van der Waals surface area contributed by atoms with Crippen LogP contribution in [0, 0.1) is 5.41 Å². The summed E-state index contributed by atoms with van der Waals surface area (Å²) in [7, 11) is 0. The number of thioether (sulfide) groups is 1. The van der Waals surface area contributed by atoms with Crippen molar-refractivity contribution in [1.82, 2.24) is 0 Å². The van der Waals surface area contributed by atoms with Gasteiger partial charge in [0.15, 0.2) is 0 Å². The van der Waals surface area contributed by atoms with Crippen LogP contribution >= 0.6 is 11.8 Å². The van der Waals surface area contributed by atoms with E-state index in [1.54, 1.807) is 11.8 Å². The molecule has 0 aromatic heterocycles. The summed E-state index contributed by atoms with van der Waals surface area (Å²) in [6, 6.07) is 7.84. The molecule has 4 heteroatoms. The van der Waals surface area contributed by atoms with Crippen LogP contribution in [-0.2, 0) is 0 Å². The van der Waals surface area contributed by atoms with Gasteiger partial charge in [-0.2, -0.15) is 0 Å². The summed E-state index contributed by atoms with van der Waals surface area (Å²) < 4.78 is 5.50. The largest absolute Gasteiger partial charge is 0.492 e. The number of hydrogen-bond donors (Lipinski definition) is 2. The fourth-order valence-corrected chi connectivity index (χ4v) is 1.55. The van der Waals surface area contributed by atoms with Crippen molar-refractivity contribution in [3.05, 3.63) is 24.3 Å². The topological polar surface area (TPSA) is 59.1 Å². The van der Waals surface area contributed by atoms with Gasteiger partial charge in [0, 0.05) is 11.3 Å². The highest BCUT2D eigenvalue weighted by molar-refractivity contribution is 7.98. The van der Waals surface area contributed by atoms with Crippen LogP contribution in [0.4, 0.5) is 0 Å². The minimum Gasteiger partial charge on any atom is -0.492 e. The van der Waals surface area contributed by atoms with Gasteiger partial charge in [-0.05, 0) is 18.4 Å². The molecular weight excluding hydrogens is 196 g/mol. The first-order valence-electron chi connectivity index (χ1n) is 4.32. The van der Waals surface area contributed by atoms with Crippen LogP contribution < -0.4 is 10.5 Å². The maximum atomic E-state index is 7.05. The second-order valence-corrected chi connectivity index (χ2v) is 3.62. The fraction of sp³-hybridized carbons (Fsp3) is 0.300. The maximum absolute atomic E-state index is 7.05. The Hall–Kier alpha value is -1.16. The summed E-state index contributed by atoms with van der Waals surface area (Å²) in [6.07, 6.45) is 2.48. The quantitative estimate of drug-likeness (QED) is 0.444. The molecule has 0 atom stereocenters. The second kappa shape index (κ2) is 5.54. The lowest BCUT2D eigenvalue weighted by Crippen LogP contribution is -2.13. The highest BCUT2D eigenvalue weighted by Gasteiger charge is 2.00. The number of para-hydroxylation sites is 1. The van der Waals surface area contributed by atoms with E-state index in [0.717, 1.165) is 10.6 Å². The molecule has 1 aromatic rings. The number of ether oxygens (including phenoxy) is 1. The van der Waals surface area contributed by atoms with Crippen molar-refractivity contribution in [2.45, 2.75) is 11.3 Å². The number of nitrogens with one attached hydrogen (secondary N) is 1. The molecule has 1 aromatic carbocycles. The number of amidine groups is 1. The molecule has 0 saturated heterocycles. The molecule has 3 nitrogen and oxygen atoms in total. The Morgan fingerprint density at radius 3 is 2.86 bits per heavy atom. The zero-order valence-corrected chi connectivity index (χ0v) is 8.93. The lowest BCUT2D eigenvalue weighted by molar-refractivity contribution is 0.321. The fourth-order valence-electron chi connectivity index (χ4n) is 1.01. The third-order valence-corrected chi connectivity index (χ3v) is 2.48. The van der Waals surface area contributed by atoms with Gasteiger partial charge in [0.1, 0.15) is 5.75 Å². The Bertz CT molecular complexity index is 315. The van der Waals surface area contributed by atoms with Crippen molar-refractivity contribution in [3.8, 4) is 5.75 Å². The van der Waals surface area contributed by atoms with Crippen molar-refractivity contribution in [3.63, 3.8) is 0 Å². The molecule has 0 spiro atoms. The molecule has 1 rings (SSSR count). The Kier molecular flexibility index (Phi) is 4.32. The van der Waals surface area contributed by atoms with E-state index in [2.05, 4.69) is 0 Å². The molecule has 0 aliphatic carbocycles. The zero-order chi connectivity index (χ0) is 10.4. The summed E-state index contributed by atoms with van der Waals surface area (Å²) in [4.78, 5) is 1.11. The van der Waals surface area contributed by atoms with E-state index in [-0.39, 0.29) is 5.84 Å². The van der Waals surface area contributed by atoms with E-state index in [0.29, 0.717) is 13.0 Å². The van der Waals surface area contributed by atoms with Crippen molar-refractivity contribution in [1.29, 1.82) is 5.41 Å². The first kappa shape index (κ1) is 10.9. The van der Waals surface area contributed by atoms with Crippen LogP contribution in [-0.4, -0.2) is 18.7 Å². The van der Waals surface area contributed by atoms with E-state index in [9.17, 15) is 0 Å². The van der Waals surface area contributed by atoms with Gasteiger partial charge in [-0.25, -0.2) is 0 Å². The molecule has 0 fully saturated rings. The van der Waals surface area contributed by atoms with Gasteiger partial charge in [-0.3, -0.25) is 5.41 Å². The highest BCUT2D eigenvalue weighted by Crippen LogP contribution is 2.26. The predicted molar refractivity (Wildman–Crippen MR) is 60.2 cm³/mol. The van der Waals surface area contributed by atoms with E-state index in [1.807, 2.05) is 30.5 Å². The Labute approximate surface area is 88.2 Å². The van der Waals surface area contributed by atoms with Gasteiger partial charge in [-0.15, -0.1) is 11.8 Å². The Morgan fingerprint density at radius 1 is 1.50 bits per heavy atom. The summed E-state index contributed by atoms with van der Waals surface area (Å²) in [5.41, 5.74) is 5.23. The van der Waals surface area contributed by atoms with E-state index < -0.39 is 0 Å². The molecule has 0 aliphatic heterocycles. The number of hydrogen-bond acceptors (Lipinski definition) is 3. The van der Waals surface area contributed by atoms with Crippen molar-refractivity contribution in [2.75, 3.05) is 12.9 Å². The van der Waals surface area contributed by atoms with Gasteiger partial charge in [0.2, 0.25) is 0 Å². The van der Waals surface area contributed by atoms with Crippen molar-refractivity contribution in [2.24, 2.45) is 5.73 Å². The van der Waals surface area contributed by atoms with Gasteiger partial charge in [0.25, 0.3) is 0 Å². The number of benzene rings is 1. The molecule has 14 heavy (non-hydrogen) atoms. The van der Waals surface area contributed by atoms with Gasteiger partial charge < -0.3 is 10.5 Å². The SMILES string of the molecule is CSc1ccccc1OCCC(=N)N. The third-order valence-electron chi connectivity index (χ3n) is 1.70. The molecule has 0 unspecified atom stereocenters. The Balaban J connectivity index is 2.53. The lowest BCUT2D eigenvalue weighted by Gasteiger charge is -2.08. The lowest BCUT2D eigenvalue weighted by atomic mass is 10.3. The number of nitrogens with two attached hydrogens (primary N) is 1. The zero-order valence-electron chi connectivity index (χ0n) is 8.12. The molecule has 0 amide bonds. The van der Waals surface area contributed by atoms with Crippen LogP contribution in [0.3, 0.4) is 0 Å². The second-order valence-electron chi connectivity index (χ2n) is 2.77. The normalized spacial score (nSPS) is 9.79. The first-order valence-corrected chi connectivity index (χ1v) is 5.55. The summed E-state index contributed by atoms with van der Waals surface area (Å²) in [5.74, 6) is 1.02. The molecule has 3 N–H and O–H groups in total. The number of rotatable bonds is 5. The standard InChI is InChI=1S/C10H14N2OS/c1-14-9-5-3-2-4-8(9)13-7-6-10(11)12/h2-5H,6-7H2,1H3,(H3,11,12). The van der Waals surface area contributed by atoms with Crippen LogP contribution in [0.2, 0.25) is 0 Å². The average Bonchev–Trinajstić information content (AvgIpc) is 2.18. The summed E-state index contributed by atoms with van der Waals surface area (Å²) >= 11 is 1.64. The van der Waals surface area contributed by atoms with Crippen molar-refractivity contribution < 1.29 is 4.74 Å². The molecule has 0 saturated carbocycles. The molecule has 0 bridgehead atoms. The monoisotopic (exact) mass is 210 g/mol. The minimum absolute atomic E-state index is 0.159. The summed E-state index contributed by atoms with van der Waals surface area (Å²) in [5, 5.41) is 7.05. The third kappa shape index (κ3) is 3.30. The van der Waals surface area contributed by atoms with Crippen LogP contribution in [0.5, 0.6) is 5.75 Å². The van der Waals surface area contributed by atoms with Gasteiger partial charge >= 0.3 is 0 Å². The smallest absolute Gasteiger partial charge is 0.132 e. The first-order chi connectivity index (χ1) is 6.74. The summed E-state index contributed by atoms with van der Waals surface area (Å²) in [6.45, 7) is 0.465. The van der Waals surface area contributed by atoms with E-state index in [1.165, 1.54) is 0 Å². The van der Waals surface area contributed by atoms with Crippen LogP contribution in [0.1, 0.15) is 6.42 Å². The maximum Gasteiger partial charge on any atom is 0.132 e. The molecular formula is C10H14N2OS. The Morgan fingerprint density at radius 2 is 2.21 bits per heavy atom. The molecule has 0 aliphatic rings. The van der Waals surface area contributed by atoms with Crippen LogP contribution in [0.25, 0.3) is 0 Å². The van der Waals surface area contributed by atoms with Crippen molar-refractivity contribution >= 4 is 17.6 Å². The molecule has 0 radical (unpaired) electrons. The van der Waals surface area contributed by atoms with E-state index >= 15 is 0 Å². The van der Waals surface area contributed by atoms with E-state index in [4.69, 9.17) is 15.9 Å². The molecule has 76 valence electrons. The predicted octanol–water partition coefficient (Wildman–Crippen LogP) is 2.11. The highest BCUT2D eigenvalue weighted by atomic mass is 32.2. The van der Waals surface area contributed by atoms with Gasteiger partial charge in [0.05, 0.1) is 12.4 Å². The molecule has 0 heterocycles. The average molecular weight is 210 g/mol.